The minimum absolute atomic E-state index is 0.476. The molecule has 2 aromatic heterocycles. The number of hydrogen-bond acceptors (Lipinski definition) is 5. The molecule has 1 aromatic carbocycles. The van der Waals surface area contributed by atoms with Gasteiger partial charge in [-0.2, -0.15) is 4.31 Å². The van der Waals surface area contributed by atoms with Crippen LogP contribution in [0.4, 0.5) is 0 Å². The van der Waals surface area contributed by atoms with E-state index in [-0.39, 0.29) is 0 Å². The fourth-order valence-electron chi connectivity index (χ4n) is 5.01. The van der Waals surface area contributed by atoms with Gasteiger partial charge in [0.2, 0.25) is 10.0 Å². The van der Waals surface area contributed by atoms with Crippen molar-refractivity contribution in [3.63, 3.8) is 0 Å². The van der Waals surface area contributed by atoms with Crippen LogP contribution in [0.2, 0.25) is 0 Å². The van der Waals surface area contributed by atoms with Gasteiger partial charge in [-0.3, -0.25) is 4.90 Å². The van der Waals surface area contributed by atoms with Crippen LogP contribution in [0.5, 0.6) is 0 Å². The molecule has 0 atom stereocenters. The van der Waals surface area contributed by atoms with Gasteiger partial charge in [0.15, 0.2) is 0 Å². The first-order valence-electron chi connectivity index (χ1n) is 10.3. The van der Waals surface area contributed by atoms with E-state index in [1.54, 1.807) is 16.8 Å². The molecule has 0 bridgehead atoms. The lowest BCUT2D eigenvalue weighted by atomic mass is 9.85. The van der Waals surface area contributed by atoms with E-state index < -0.39 is 15.6 Å². The van der Waals surface area contributed by atoms with Crippen molar-refractivity contribution in [2.24, 2.45) is 0 Å². The second-order valence-electron chi connectivity index (χ2n) is 8.26. The normalized spacial score (nSPS) is 19.8. The Balaban J connectivity index is 1.50. The van der Waals surface area contributed by atoms with Crippen LogP contribution in [0.3, 0.4) is 0 Å². The van der Waals surface area contributed by atoms with Crippen LogP contribution >= 0.6 is 0 Å². The van der Waals surface area contributed by atoms with Crippen LogP contribution in [0.25, 0.3) is 11.3 Å². The zero-order valence-electron chi connectivity index (χ0n) is 17.1. The molecule has 0 saturated carbocycles. The van der Waals surface area contributed by atoms with Gasteiger partial charge in [0, 0.05) is 38.3 Å². The Morgan fingerprint density at radius 2 is 1.83 bits per heavy atom. The zero-order chi connectivity index (χ0) is 20.8. The summed E-state index contributed by atoms with van der Waals surface area (Å²) >= 11 is 0. The zero-order valence-corrected chi connectivity index (χ0v) is 17.9. The van der Waals surface area contributed by atoms with Gasteiger partial charge in [0.05, 0.1) is 36.2 Å². The molecule has 5 rings (SSSR count). The third-order valence-electron chi connectivity index (χ3n) is 6.42. The second-order valence-corrected chi connectivity index (χ2v) is 10.2. The van der Waals surface area contributed by atoms with E-state index in [1.807, 2.05) is 30.5 Å². The van der Waals surface area contributed by atoms with E-state index in [9.17, 15) is 8.42 Å². The summed E-state index contributed by atoms with van der Waals surface area (Å²) < 4.78 is 34.6. The first kappa shape index (κ1) is 19.5. The van der Waals surface area contributed by atoms with Crippen LogP contribution in [0.1, 0.15) is 24.2 Å². The number of imidazole rings is 1. The Labute approximate surface area is 177 Å². The van der Waals surface area contributed by atoms with Crippen LogP contribution in [0, 0.1) is 0 Å². The smallest absolute Gasteiger partial charge is 0.212 e. The van der Waals surface area contributed by atoms with Crippen molar-refractivity contribution in [2.45, 2.75) is 31.5 Å². The molecule has 2 aliphatic heterocycles. The highest BCUT2D eigenvalue weighted by Crippen LogP contribution is 2.43. The van der Waals surface area contributed by atoms with Crippen molar-refractivity contribution in [2.75, 3.05) is 25.9 Å². The first-order chi connectivity index (χ1) is 14.5. The maximum atomic E-state index is 12.7. The Bertz CT molecular complexity index is 1110. The molecule has 8 heteroatoms. The number of benzene rings is 1. The van der Waals surface area contributed by atoms with Crippen LogP contribution in [0.15, 0.2) is 59.5 Å². The monoisotopic (exact) mass is 426 g/mol. The van der Waals surface area contributed by atoms with E-state index >= 15 is 0 Å². The van der Waals surface area contributed by atoms with E-state index in [0.717, 1.165) is 55.1 Å². The van der Waals surface area contributed by atoms with Crippen molar-refractivity contribution in [1.29, 1.82) is 0 Å². The number of nitrogens with zero attached hydrogens (tertiary/aromatic N) is 4. The number of hydrogen-bond donors (Lipinski definition) is 0. The molecule has 1 saturated heterocycles. The van der Waals surface area contributed by atoms with Crippen molar-refractivity contribution >= 4 is 10.0 Å². The maximum Gasteiger partial charge on any atom is 0.212 e. The third-order valence-corrected chi connectivity index (χ3v) is 7.75. The number of likely N-dealkylation sites (tertiary alicyclic amines) is 1. The number of fused-ring (bicyclic) bond motifs is 2. The first-order valence-corrected chi connectivity index (χ1v) is 12.1. The summed E-state index contributed by atoms with van der Waals surface area (Å²) in [4.78, 5) is 7.16. The topological polar surface area (TPSA) is 71.6 Å². The third kappa shape index (κ3) is 3.29. The Kier molecular flexibility index (Phi) is 4.80. The minimum atomic E-state index is -3.35. The van der Waals surface area contributed by atoms with Gasteiger partial charge in [0.1, 0.15) is 5.82 Å². The van der Waals surface area contributed by atoms with Gasteiger partial charge in [-0.25, -0.2) is 13.4 Å². The molecule has 0 radical (unpaired) electrons. The minimum Gasteiger partial charge on any atom is -0.472 e. The number of furan rings is 1. The molecule has 30 heavy (non-hydrogen) atoms. The summed E-state index contributed by atoms with van der Waals surface area (Å²) in [6.45, 7) is 3.53. The maximum absolute atomic E-state index is 12.7. The highest BCUT2D eigenvalue weighted by molar-refractivity contribution is 7.88. The number of piperidine rings is 1. The van der Waals surface area contributed by atoms with Gasteiger partial charge in [-0.15, -0.1) is 0 Å². The fourth-order valence-corrected chi connectivity index (χ4v) is 6.32. The Hall–Kier alpha value is -2.42. The fraction of sp³-hybridized carbons (Fsp3) is 0.409. The second kappa shape index (κ2) is 7.37. The quantitative estimate of drug-likeness (QED) is 0.642. The van der Waals surface area contributed by atoms with Gasteiger partial charge in [0.25, 0.3) is 0 Å². The van der Waals surface area contributed by atoms with Crippen LogP contribution in [-0.4, -0.2) is 53.1 Å². The molecule has 0 N–H and O–H groups in total. The SMILES string of the molecule is CS(=O)(=O)N1CCn2c(-c3ccccc3)cnc2C12CCN(Cc1ccoc1)CC2. The predicted molar refractivity (Wildman–Crippen MR) is 114 cm³/mol. The van der Waals surface area contributed by atoms with Crippen molar-refractivity contribution in [3.05, 3.63) is 66.5 Å². The molecule has 7 nitrogen and oxygen atoms in total. The summed E-state index contributed by atoms with van der Waals surface area (Å²) in [6.07, 6.45) is 8.13. The van der Waals surface area contributed by atoms with Crippen LogP contribution in [-0.2, 0) is 28.7 Å². The lowest BCUT2D eigenvalue weighted by molar-refractivity contribution is 0.0456. The van der Waals surface area contributed by atoms with Crippen molar-refractivity contribution < 1.29 is 12.8 Å². The summed E-state index contributed by atoms with van der Waals surface area (Å²) in [5, 5.41) is 0. The number of sulfonamides is 1. The number of aromatic nitrogens is 2. The summed E-state index contributed by atoms with van der Waals surface area (Å²) in [5.41, 5.74) is 2.71. The van der Waals surface area contributed by atoms with E-state index in [0.29, 0.717) is 13.1 Å². The van der Waals surface area contributed by atoms with E-state index in [2.05, 4.69) is 21.6 Å². The molecule has 1 fully saturated rings. The lowest BCUT2D eigenvalue weighted by Gasteiger charge is -2.49. The lowest BCUT2D eigenvalue weighted by Crippen LogP contribution is -2.59. The Morgan fingerprint density at radius 1 is 1.07 bits per heavy atom. The predicted octanol–water partition coefficient (Wildman–Crippen LogP) is 2.91. The molecule has 3 aromatic rings. The van der Waals surface area contributed by atoms with Crippen LogP contribution < -0.4 is 0 Å². The average Bonchev–Trinajstić information content (AvgIpc) is 3.40. The summed E-state index contributed by atoms with van der Waals surface area (Å²) in [5.74, 6) is 0.876. The van der Waals surface area contributed by atoms with E-state index in [1.165, 1.54) is 6.26 Å². The molecular weight excluding hydrogens is 400 g/mol. The molecule has 0 amide bonds. The molecule has 2 aliphatic rings. The standard InChI is InChI=1S/C22H26N4O3S/c1-30(27,28)26-13-12-25-20(19-5-3-2-4-6-19)15-23-21(25)22(26)8-10-24(11-9-22)16-18-7-14-29-17-18/h2-7,14-15,17H,8-13,16H2,1H3. The van der Waals surface area contributed by atoms with Crippen molar-refractivity contribution in [1.82, 2.24) is 18.8 Å². The van der Waals surface area contributed by atoms with Gasteiger partial charge < -0.3 is 8.98 Å². The van der Waals surface area contributed by atoms with Crippen molar-refractivity contribution in [3.8, 4) is 11.3 Å². The average molecular weight is 427 g/mol. The number of rotatable bonds is 4. The largest absolute Gasteiger partial charge is 0.472 e. The van der Waals surface area contributed by atoms with E-state index in [4.69, 9.17) is 9.40 Å². The molecule has 4 heterocycles. The highest BCUT2D eigenvalue weighted by Gasteiger charge is 2.50. The molecule has 0 aliphatic carbocycles. The molecular formula is C22H26N4O3S. The highest BCUT2D eigenvalue weighted by atomic mass is 32.2. The molecule has 0 unspecified atom stereocenters. The van der Waals surface area contributed by atoms with Gasteiger partial charge >= 0.3 is 0 Å². The molecule has 158 valence electrons. The Morgan fingerprint density at radius 3 is 2.50 bits per heavy atom. The summed E-state index contributed by atoms with van der Waals surface area (Å²) in [6, 6.07) is 12.2. The molecule has 1 spiro atoms. The summed E-state index contributed by atoms with van der Waals surface area (Å²) in [7, 11) is -3.35. The van der Waals surface area contributed by atoms with Gasteiger partial charge in [-0.05, 0) is 24.5 Å². The van der Waals surface area contributed by atoms with Gasteiger partial charge in [-0.1, -0.05) is 30.3 Å².